The molecule has 1 fully saturated rings. The van der Waals surface area contributed by atoms with Gasteiger partial charge in [0, 0.05) is 5.02 Å². The average Bonchev–Trinajstić information content (AvgIpc) is 3.25. The molecule has 0 unspecified atom stereocenters. The molecule has 1 aliphatic carbocycles. The number of carbonyl (C=O) groups excluding carboxylic acids is 1. The number of anilines is 1. The third-order valence-corrected chi connectivity index (χ3v) is 3.92. The van der Waals surface area contributed by atoms with E-state index < -0.39 is 11.2 Å². The smallest absolute Gasteiger partial charge is 0.235 e. The molecule has 1 aliphatic rings. The van der Waals surface area contributed by atoms with Crippen molar-refractivity contribution in [2.45, 2.75) is 18.3 Å². The Bertz CT molecular complexity index is 653. The van der Waals surface area contributed by atoms with Crippen molar-refractivity contribution in [1.82, 2.24) is 0 Å². The van der Waals surface area contributed by atoms with Crippen molar-refractivity contribution in [3.8, 4) is 0 Å². The predicted molar refractivity (Wildman–Crippen MR) is 77.4 cm³/mol. The topological polar surface area (TPSA) is 29.1 Å². The van der Waals surface area contributed by atoms with Gasteiger partial charge in [0.25, 0.3) is 0 Å². The SMILES string of the molecule is O=C(Nc1cc(Cl)ccc1F)C1(c2ccccc2)CC1. The zero-order valence-corrected chi connectivity index (χ0v) is 11.5. The normalized spacial score (nSPS) is 15.7. The highest BCUT2D eigenvalue weighted by Gasteiger charge is 2.51. The van der Waals surface area contributed by atoms with Gasteiger partial charge in [0.05, 0.1) is 11.1 Å². The summed E-state index contributed by atoms with van der Waals surface area (Å²) in [7, 11) is 0. The van der Waals surface area contributed by atoms with Crippen LogP contribution >= 0.6 is 11.6 Å². The summed E-state index contributed by atoms with van der Waals surface area (Å²) in [5.74, 6) is -0.656. The molecule has 102 valence electrons. The van der Waals surface area contributed by atoms with Crippen molar-refractivity contribution < 1.29 is 9.18 Å². The minimum atomic E-state index is -0.518. The standard InChI is InChI=1S/C16H13ClFNO/c17-12-6-7-13(18)14(10-12)19-15(20)16(8-9-16)11-4-2-1-3-5-11/h1-7,10H,8-9H2,(H,19,20). The summed E-state index contributed by atoms with van der Waals surface area (Å²) in [6, 6.07) is 13.7. The van der Waals surface area contributed by atoms with Crippen LogP contribution in [-0.4, -0.2) is 5.91 Å². The fourth-order valence-corrected chi connectivity index (χ4v) is 2.54. The van der Waals surface area contributed by atoms with Crippen LogP contribution in [0.3, 0.4) is 0 Å². The largest absolute Gasteiger partial charge is 0.323 e. The molecule has 4 heteroatoms. The Hall–Kier alpha value is -1.87. The molecule has 20 heavy (non-hydrogen) atoms. The van der Waals surface area contributed by atoms with Crippen LogP contribution in [-0.2, 0) is 10.2 Å². The van der Waals surface area contributed by atoms with Crippen LogP contribution in [0.5, 0.6) is 0 Å². The molecule has 0 spiro atoms. The van der Waals surface area contributed by atoms with E-state index in [0.717, 1.165) is 18.4 Å². The number of hydrogen-bond acceptors (Lipinski definition) is 1. The van der Waals surface area contributed by atoms with Gasteiger partial charge in [0.1, 0.15) is 5.82 Å². The summed E-state index contributed by atoms with van der Waals surface area (Å²) in [4.78, 5) is 12.4. The number of carbonyl (C=O) groups is 1. The van der Waals surface area contributed by atoms with Gasteiger partial charge in [0.2, 0.25) is 5.91 Å². The van der Waals surface area contributed by atoms with E-state index in [9.17, 15) is 9.18 Å². The molecule has 0 saturated heterocycles. The van der Waals surface area contributed by atoms with Gasteiger partial charge in [-0.1, -0.05) is 41.9 Å². The molecule has 0 aliphatic heterocycles. The summed E-state index contributed by atoms with van der Waals surface area (Å²) in [5, 5.41) is 3.05. The second-order valence-electron chi connectivity index (χ2n) is 5.03. The first-order chi connectivity index (χ1) is 9.62. The van der Waals surface area contributed by atoms with E-state index in [1.165, 1.54) is 18.2 Å². The quantitative estimate of drug-likeness (QED) is 0.903. The molecule has 0 heterocycles. The van der Waals surface area contributed by atoms with E-state index in [1.54, 1.807) is 0 Å². The highest BCUT2D eigenvalue weighted by Crippen LogP contribution is 2.49. The van der Waals surface area contributed by atoms with Gasteiger partial charge in [-0.25, -0.2) is 4.39 Å². The van der Waals surface area contributed by atoms with E-state index in [0.29, 0.717) is 5.02 Å². The maximum absolute atomic E-state index is 13.7. The van der Waals surface area contributed by atoms with Crippen LogP contribution in [0.2, 0.25) is 5.02 Å². The van der Waals surface area contributed by atoms with Crippen molar-refractivity contribution in [1.29, 1.82) is 0 Å². The summed E-state index contributed by atoms with van der Waals surface area (Å²) < 4.78 is 13.7. The number of hydrogen-bond donors (Lipinski definition) is 1. The highest BCUT2D eigenvalue weighted by molar-refractivity contribution is 6.30. The zero-order chi connectivity index (χ0) is 14.2. The van der Waals surface area contributed by atoms with Crippen LogP contribution in [0, 0.1) is 5.82 Å². The lowest BCUT2D eigenvalue weighted by molar-refractivity contribution is -0.118. The Morgan fingerprint density at radius 3 is 2.50 bits per heavy atom. The minimum Gasteiger partial charge on any atom is -0.323 e. The minimum absolute atomic E-state index is 0.129. The monoisotopic (exact) mass is 289 g/mol. The number of nitrogens with one attached hydrogen (secondary N) is 1. The van der Waals surface area contributed by atoms with Crippen molar-refractivity contribution in [2.75, 3.05) is 5.32 Å². The van der Waals surface area contributed by atoms with Crippen molar-refractivity contribution >= 4 is 23.2 Å². The molecular weight excluding hydrogens is 277 g/mol. The number of halogens is 2. The van der Waals surface area contributed by atoms with E-state index in [-0.39, 0.29) is 11.6 Å². The Kier molecular flexibility index (Phi) is 3.22. The molecule has 2 aromatic rings. The fraction of sp³-hybridized carbons (Fsp3) is 0.188. The lowest BCUT2D eigenvalue weighted by atomic mass is 9.95. The molecule has 1 saturated carbocycles. The van der Waals surface area contributed by atoms with Gasteiger partial charge in [-0.3, -0.25) is 4.79 Å². The Balaban J connectivity index is 1.85. The molecule has 2 aromatic carbocycles. The molecule has 0 atom stereocenters. The van der Waals surface area contributed by atoms with E-state index in [2.05, 4.69) is 5.32 Å². The fourth-order valence-electron chi connectivity index (χ4n) is 2.36. The van der Waals surface area contributed by atoms with Crippen molar-refractivity contribution in [3.05, 3.63) is 64.9 Å². The van der Waals surface area contributed by atoms with E-state index >= 15 is 0 Å². The van der Waals surface area contributed by atoms with Gasteiger partial charge in [-0.2, -0.15) is 0 Å². The second-order valence-corrected chi connectivity index (χ2v) is 5.46. The molecule has 1 N–H and O–H groups in total. The van der Waals surface area contributed by atoms with Gasteiger partial charge in [0.15, 0.2) is 0 Å². The third-order valence-electron chi connectivity index (χ3n) is 3.69. The zero-order valence-electron chi connectivity index (χ0n) is 10.7. The van der Waals surface area contributed by atoms with Crippen LogP contribution in [0.15, 0.2) is 48.5 Å². The third kappa shape index (κ3) is 2.29. The van der Waals surface area contributed by atoms with E-state index in [4.69, 9.17) is 11.6 Å². The number of amides is 1. The van der Waals surface area contributed by atoms with Crippen LogP contribution in [0.4, 0.5) is 10.1 Å². The van der Waals surface area contributed by atoms with Gasteiger partial charge in [-0.15, -0.1) is 0 Å². The van der Waals surface area contributed by atoms with Gasteiger partial charge >= 0.3 is 0 Å². The summed E-state index contributed by atoms with van der Waals surface area (Å²) in [5.41, 5.74) is 0.584. The molecule has 3 rings (SSSR count). The predicted octanol–water partition coefficient (Wildman–Crippen LogP) is 4.15. The van der Waals surface area contributed by atoms with E-state index in [1.807, 2.05) is 30.3 Å². The first-order valence-electron chi connectivity index (χ1n) is 6.44. The van der Waals surface area contributed by atoms with Crippen LogP contribution in [0.25, 0.3) is 0 Å². The molecule has 2 nitrogen and oxygen atoms in total. The Morgan fingerprint density at radius 2 is 1.85 bits per heavy atom. The maximum atomic E-state index is 13.7. The Labute approximate surface area is 121 Å². The van der Waals surface area contributed by atoms with Crippen molar-refractivity contribution in [2.24, 2.45) is 0 Å². The Morgan fingerprint density at radius 1 is 1.15 bits per heavy atom. The van der Waals surface area contributed by atoms with Gasteiger partial charge < -0.3 is 5.32 Å². The van der Waals surface area contributed by atoms with Crippen molar-refractivity contribution in [3.63, 3.8) is 0 Å². The highest BCUT2D eigenvalue weighted by atomic mass is 35.5. The number of rotatable bonds is 3. The average molecular weight is 290 g/mol. The molecule has 0 radical (unpaired) electrons. The molecule has 0 bridgehead atoms. The van der Waals surface area contributed by atoms with Crippen LogP contribution < -0.4 is 5.32 Å². The number of benzene rings is 2. The maximum Gasteiger partial charge on any atom is 0.235 e. The molecule has 1 amide bonds. The summed E-state index contributed by atoms with van der Waals surface area (Å²) in [6.07, 6.45) is 1.57. The lowest BCUT2D eigenvalue weighted by Crippen LogP contribution is -2.28. The van der Waals surface area contributed by atoms with Crippen LogP contribution in [0.1, 0.15) is 18.4 Å². The molecular formula is C16H13ClFNO. The first kappa shape index (κ1) is 13.1. The molecule has 0 aromatic heterocycles. The first-order valence-corrected chi connectivity index (χ1v) is 6.82. The second kappa shape index (κ2) is 4.91. The summed E-state index contributed by atoms with van der Waals surface area (Å²) in [6.45, 7) is 0. The van der Waals surface area contributed by atoms with Gasteiger partial charge in [-0.05, 0) is 36.6 Å². The summed E-state index contributed by atoms with van der Waals surface area (Å²) >= 11 is 5.83. The lowest BCUT2D eigenvalue weighted by Gasteiger charge is -2.16.